The minimum Gasteiger partial charge on any atom is -0.493 e. The molecule has 2 aromatic carbocycles. The lowest BCUT2D eigenvalue weighted by molar-refractivity contribution is 0.0488. The third-order valence-corrected chi connectivity index (χ3v) is 7.00. The Balaban J connectivity index is 1.56. The molecule has 5 rings (SSSR count). The molecular formula is C27H27N3O8S. The van der Waals surface area contributed by atoms with E-state index < -0.39 is 5.97 Å². The molecule has 12 heteroatoms. The van der Waals surface area contributed by atoms with Crippen LogP contribution in [0, 0.1) is 6.92 Å². The second-order valence-corrected chi connectivity index (χ2v) is 9.24. The van der Waals surface area contributed by atoms with Crippen molar-refractivity contribution in [3.05, 3.63) is 53.5 Å². The number of thioether (sulfide) groups is 1. The Morgan fingerprint density at radius 1 is 1.00 bits per heavy atom. The molecule has 204 valence electrons. The molecule has 0 N–H and O–H groups in total. The molecule has 0 amide bonds. The van der Waals surface area contributed by atoms with Crippen LogP contribution in [0.25, 0.3) is 17.1 Å². The predicted octanol–water partition coefficient (Wildman–Crippen LogP) is 5.06. The molecule has 2 aromatic heterocycles. The number of ether oxygens (including phenoxy) is 6. The number of carbonyl (C=O) groups is 1. The zero-order chi connectivity index (χ0) is 27.5. The molecule has 0 atom stereocenters. The molecule has 1 aliphatic rings. The lowest BCUT2D eigenvalue weighted by atomic mass is 10.1. The molecule has 4 aromatic rings. The molecule has 0 saturated heterocycles. The Morgan fingerprint density at radius 2 is 1.74 bits per heavy atom. The molecule has 0 bridgehead atoms. The number of aromatic nitrogens is 3. The predicted molar refractivity (Wildman–Crippen MR) is 142 cm³/mol. The molecule has 11 nitrogen and oxygen atoms in total. The lowest BCUT2D eigenvalue weighted by Gasteiger charge is -2.15. The zero-order valence-electron chi connectivity index (χ0n) is 22.1. The maximum Gasteiger partial charge on any atom is 0.374 e. The van der Waals surface area contributed by atoms with E-state index in [1.54, 1.807) is 34.3 Å². The van der Waals surface area contributed by atoms with Crippen LogP contribution in [0.15, 0.2) is 46.0 Å². The molecule has 0 saturated carbocycles. The van der Waals surface area contributed by atoms with Crippen molar-refractivity contribution in [3.8, 4) is 45.8 Å². The second kappa shape index (κ2) is 11.2. The van der Waals surface area contributed by atoms with Gasteiger partial charge in [-0.05, 0) is 44.2 Å². The first-order chi connectivity index (χ1) is 19.0. The van der Waals surface area contributed by atoms with Crippen molar-refractivity contribution < 1.29 is 37.6 Å². The Morgan fingerprint density at radius 3 is 2.44 bits per heavy atom. The number of benzene rings is 2. The molecular weight excluding hydrogens is 526 g/mol. The van der Waals surface area contributed by atoms with Gasteiger partial charge in [0.05, 0.1) is 33.6 Å². The zero-order valence-corrected chi connectivity index (χ0v) is 22.9. The molecule has 0 radical (unpaired) electrons. The van der Waals surface area contributed by atoms with Crippen molar-refractivity contribution in [2.24, 2.45) is 0 Å². The number of hydrogen-bond donors (Lipinski definition) is 0. The largest absolute Gasteiger partial charge is 0.493 e. The minimum atomic E-state index is -0.495. The molecule has 0 unspecified atom stereocenters. The fourth-order valence-corrected chi connectivity index (χ4v) is 5.12. The van der Waals surface area contributed by atoms with Crippen LogP contribution < -0.4 is 23.7 Å². The third kappa shape index (κ3) is 5.07. The van der Waals surface area contributed by atoms with Crippen LogP contribution in [-0.2, 0) is 10.5 Å². The first-order valence-electron chi connectivity index (χ1n) is 12.0. The van der Waals surface area contributed by atoms with Gasteiger partial charge >= 0.3 is 5.97 Å². The van der Waals surface area contributed by atoms with Crippen molar-refractivity contribution in [2.45, 2.75) is 24.8 Å². The van der Waals surface area contributed by atoms with Gasteiger partial charge in [-0.15, -0.1) is 10.2 Å². The van der Waals surface area contributed by atoms with Gasteiger partial charge in [0.2, 0.25) is 18.3 Å². The summed E-state index contributed by atoms with van der Waals surface area (Å²) in [6.45, 7) is 3.98. The van der Waals surface area contributed by atoms with Gasteiger partial charge < -0.3 is 32.8 Å². The van der Waals surface area contributed by atoms with E-state index in [9.17, 15) is 4.79 Å². The van der Waals surface area contributed by atoms with Crippen LogP contribution in [-0.4, -0.2) is 55.5 Å². The first-order valence-corrected chi connectivity index (χ1v) is 13.0. The van der Waals surface area contributed by atoms with E-state index >= 15 is 0 Å². The van der Waals surface area contributed by atoms with Crippen LogP contribution in [0.3, 0.4) is 0 Å². The first kappa shape index (κ1) is 26.3. The summed E-state index contributed by atoms with van der Waals surface area (Å²) in [5.74, 6) is 4.06. The summed E-state index contributed by atoms with van der Waals surface area (Å²) in [6.07, 6.45) is 0. The maximum atomic E-state index is 12.1. The lowest BCUT2D eigenvalue weighted by Crippen LogP contribution is -2.02. The van der Waals surface area contributed by atoms with E-state index in [1.807, 2.05) is 41.8 Å². The highest BCUT2D eigenvalue weighted by Crippen LogP contribution is 2.43. The number of hydrogen-bond acceptors (Lipinski definition) is 11. The highest BCUT2D eigenvalue weighted by atomic mass is 32.2. The van der Waals surface area contributed by atoms with Crippen molar-refractivity contribution in [3.63, 3.8) is 0 Å². The van der Waals surface area contributed by atoms with Gasteiger partial charge in [-0.2, -0.15) is 0 Å². The third-order valence-electron chi connectivity index (χ3n) is 6.02. The van der Waals surface area contributed by atoms with Crippen molar-refractivity contribution in [2.75, 3.05) is 34.7 Å². The number of methoxy groups -OCH3 is 3. The van der Waals surface area contributed by atoms with Crippen LogP contribution in [0.2, 0.25) is 0 Å². The summed E-state index contributed by atoms with van der Waals surface area (Å²) in [4.78, 5) is 12.1. The number of aryl methyl sites for hydroxylation is 1. The molecule has 0 spiro atoms. The van der Waals surface area contributed by atoms with Gasteiger partial charge in [0.1, 0.15) is 5.76 Å². The Bertz CT molecular complexity index is 1490. The summed E-state index contributed by atoms with van der Waals surface area (Å²) >= 11 is 1.44. The minimum absolute atomic E-state index is 0.158. The van der Waals surface area contributed by atoms with Gasteiger partial charge in [-0.1, -0.05) is 11.8 Å². The summed E-state index contributed by atoms with van der Waals surface area (Å²) < 4.78 is 40.3. The Kier molecular flexibility index (Phi) is 7.55. The summed E-state index contributed by atoms with van der Waals surface area (Å²) in [6, 6.07) is 11.0. The number of nitrogens with zero attached hydrogens (tertiary/aromatic N) is 3. The van der Waals surface area contributed by atoms with E-state index in [0.717, 1.165) is 11.3 Å². The van der Waals surface area contributed by atoms with E-state index in [-0.39, 0.29) is 19.2 Å². The SMILES string of the molecule is CCOC(=O)c1cc(CSc2nnc(-c3cc(OC)c(OC)c(OC)c3)n2-c2ccc3c(c2)OCO3)c(C)o1. The quantitative estimate of drug-likeness (QED) is 0.194. The fourth-order valence-electron chi connectivity index (χ4n) is 4.13. The topological polar surface area (TPSA) is 116 Å². The van der Waals surface area contributed by atoms with E-state index in [1.165, 1.54) is 11.8 Å². The number of furan rings is 1. The number of rotatable bonds is 10. The number of esters is 1. The van der Waals surface area contributed by atoms with Gasteiger partial charge in [0, 0.05) is 22.9 Å². The Labute approximate surface area is 228 Å². The fraction of sp³-hybridized carbons (Fsp3) is 0.296. The molecule has 39 heavy (non-hydrogen) atoms. The summed E-state index contributed by atoms with van der Waals surface area (Å²) in [5, 5.41) is 9.63. The Hall–Kier alpha value is -4.32. The van der Waals surface area contributed by atoms with Gasteiger partial charge in [0.25, 0.3) is 0 Å². The molecule has 0 fully saturated rings. The molecule has 3 heterocycles. The summed E-state index contributed by atoms with van der Waals surface area (Å²) in [5.41, 5.74) is 2.31. The average Bonchev–Trinajstić information content (AvgIpc) is 3.68. The monoisotopic (exact) mass is 553 g/mol. The van der Waals surface area contributed by atoms with Crippen molar-refractivity contribution >= 4 is 17.7 Å². The average molecular weight is 554 g/mol. The standard InChI is InChI=1S/C27H27N3O8S/c1-6-35-26(31)23-11-17(15(2)38-23)13-39-27-29-28-25(16-9-21(32-3)24(34-5)22(10-16)33-4)30(27)18-7-8-19-20(12-18)37-14-36-19/h7-12H,6,13-14H2,1-5H3. The van der Waals surface area contributed by atoms with Crippen LogP contribution in [0.1, 0.15) is 28.8 Å². The number of fused-ring (bicyclic) bond motifs is 1. The van der Waals surface area contributed by atoms with Crippen molar-refractivity contribution in [1.82, 2.24) is 14.8 Å². The van der Waals surface area contributed by atoms with E-state index in [4.69, 9.17) is 32.8 Å². The van der Waals surface area contributed by atoms with Gasteiger partial charge in [-0.25, -0.2) is 4.79 Å². The highest BCUT2D eigenvalue weighted by Gasteiger charge is 2.24. The van der Waals surface area contributed by atoms with Gasteiger partial charge in [-0.3, -0.25) is 4.57 Å². The van der Waals surface area contributed by atoms with Crippen molar-refractivity contribution in [1.29, 1.82) is 0 Å². The smallest absolute Gasteiger partial charge is 0.374 e. The number of carbonyl (C=O) groups excluding carboxylic acids is 1. The highest BCUT2D eigenvalue weighted by molar-refractivity contribution is 7.98. The maximum absolute atomic E-state index is 12.1. The van der Waals surface area contributed by atoms with E-state index in [2.05, 4.69) is 10.2 Å². The van der Waals surface area contributed by atoms with E-state index in [0.29, 0.717) is 56.8 Å². The second-order valence-electron chi connectivity index (χ2n) is 8.29. The van der Waals surface area contributed by atoms with Crippen LogP contribution in [0.5, 0.6) is 28.7 Å². The molecule has 0 aliphatic carbocycles. The summed E-state index contributed by atoms with van der Waals surface area (Å²) in [7, 11) is 4.67. The van der Waals surface area contributed by atoms with Crippen LogP contribution in [0.4, 0.5) is 0 Å². The normalized spacial score (nSPS) is 11.9. The molecule has 1 aliphatic heterocycles. The van der Waals surface area contributed by atoms with Crippen LogP contribution >= 0.6 is 11.8 Å². The van der Waals surface area contributed by atoms with Gasteiger partial charge in [0.15, 0.2) is 34.0 Å².